The molecule has 0 bridgehead atoms. The number of carbonyl (C=O) groups is 1. The molecule has 0 spiro atoms. The Hall–Kier alpha value is -4.83. The van der Waals surface area contributed by atoms with Crippen molar-refractivity contribution < 1.29 is 19.0 Å². The monoisotopic (exact) mass is 636 g/mol. The fraction of sp³-hybridized carbons (Fsp3) is 0.310. The number of aromatic amines is 1. The minimum absolute atomic E-state index is 0.0902. The molecule has 1 atom stereocenters. The quantitative estimate of drug-likeness (QED) is 0.0585. The molecule has 4 aromatic rings. The van der Waals surface area contributed by atoms with Gasteiger partial charge in [0.2, 0.25) is 0 Å². The number of nitrogens with one attached hydrogen (secondary N) is 2. The molecule has 3 aromatic heterocycles. The van der Waals surface area contributed by atoms with Crippen LogP contribution in [0.3, 0.4) is 0 Å². The summed E-state index contributed by atoms with van der Waals surface area (Å²) < 4.78 is 16.8. The van der Waals surface area contributed by atoms with Gasteiger partial charge in [0.25, 0.3) is 5.56 Å². The number of aromatic nitrogens is 5. The third-order valence-electron chi connectivity index (χ3n) is 7.03. The second kappa shape index (κ2) is 14.3. The molecule has 0 fully saturated rings. The van der Waals surface area contributed by atoms with E-state index in [9.17, 15) is 9.59 Å². The van der Waals surface area contributed by atoms with Gasteiger partial charge in [-0.05, 0) is 37.6 Å². The molecule has 1 aromatic carbocycles. The SMILES string of the molecule is COCCOCCOC(=O)Nc1ccc(-c2nc(C3CCc4nc(-c5cc(C)ccc5N(N)/C=N\N)cc(=O)n43)[nH]c2Cl)cn1. The van der Waals surface area contributed by atoms with Gasteiger partial charge < -0.3 is 25.0 Å². The zero-order valence-corrected chi connectivity index (χ0v) is 25.5. The third kappa shape index (κ3) is 7.29. The number of hydrazine groups is 1. The normalized spacial score (nSPS) is 14.1. The standard InChI is InChI=1S/C29H33ClN10O5/c1-17-3-5-21(39(32)16-34-31)19(13-17)20-14-25(41)40-22(6-8-24(40)35-20)28-37-26(27(30)38-28)18-4-7-23(33-15-18)36-29(42)45-12-11-44-10-9-43-2/h3-5,7,13-16,22H,6,8-12,31-32H2,1-2H3,(H,37,38)(H,33,36,42)/b34-16-. The summed E-state index contributed by atoms with van der Waals surface area (Å²) in [5, 5.41) is 7.62. The molecule has 5 rings (SSSR count). The Morgan fingerprint density at radius 2 is 2.04 bits per heavy atom. The second-order valence-corrected chi connectivity index (χ2v) is 10.5. The second-order valence-electron chi connectivity index (χ2n) is 10.1. The van der Waals surface area contributed by atoms with E-state index in [1.54, 1.807) is 23.8 Å². The number of rotatable bonds is 12. The Morgan fingerprint density at radius 1 is 1.22 bits per heavy atom. The first-order valence-corrected chi connectivity index (χ1v) is 14.4. The molecule has 0 radical (unpaired) electrons. The van der Waals surface area contributed by atoms with Crippen LogP contribution in [0.2, 0.25) is 5.15 Å². The maximum Gasteiger partial charge on any atom is 0.412 e. The lowest BCUT2D eigenvalue weighted by Gasteiger charge is -2.18. The number of nitrogens with two attached hydrogens (primary N) is 2. The Bertz CT molecular complexity index is 1740. The van der Waals surface area contributed by atoms with Gasteiger partial charge in [-0.1, -0.05) is 23.2 Å². The number of aryl methyl sites for hydroxylation is 2. The van der Waals surface area contributed by atoms with Crippen molar-refractivity contribution in [3.05, 3.63) is 75.3 Å². The summed E-state index contributed by atoms with van der Waals surface area (Å²) in [5.41, 5.74) is 3.58. The Balaban J connectivity index is 1.31. The number of halogens is 1. The van der Waals surface area contributed by atoms with E-state index in [4.69, 9.17) is 47.5 Å². The van der Waals surface area contributed by atoms with Crippen molar-refractivity contribution in [3.63, 3.8) is 0 Å². The smallest absolute Gasteiger partial charge is 0.412 e. The number of ether oxygens (including phenoxy) is 3. The van der Waals surface area contributed by atoms with E-state index >= 15 is 0 Å². The van der Waals surface area contributed by atoms with Crippen LogP contribution in [-0.4, -0.2) is 70.5 Å². The number of fused-ring (bicyclic) bond motifs is 1. The Morgan fingerprint density at radius 3 is 2.80 bits per heavy atom. The van der Waals surface area contributed by atoms with Gasteiger partial charge in [-0.3, -0.25) is 19.7 Å². The zero-order valence-electron chi connectivity index (χ0n) is 24.7. The molecule has 0 saturated heterocycles. The van der Waals surface area contributed by atoms with E-state index < -0.39 is 12.1 Å². The van der Waals surface area contributed by atoms with Crippen molar-refractivity contribution in [1.82, 2.24) is 24.5 Å². The summed E-state index contributed by atoms with van der Waals surface area (Å²) in [6.45, 7) is 3.16. The first kappa shape index (κ1) is 31.6. The largest absolute Gasteiger partial charge is 0.447 e. The number of hydrazone groups is 1. The van der Waals surface area contributed by atoms with E-state index in [0.29, 0.717) is 76.9 Å². The van der Waals surface area contributed by atoms with Crippen molar-refractivity contribution >= 4 is 35.5 Å². The minimum atomic E-state index is -0.656. The van der Waals surface area contributed by atoms with Crippen molar-refractivity contribution in [2.45, 2.75) is 25.8 Å². The summed E-state index contributed by atoms with van der Waals surface area (Å²) >= 11 is 6.55. The van der Waals surface area contributed by atoms with E-state index in [-0.39, 0.29) is 18.8 Å². The molecule has 6 N–H and O–H groups in total. The predicted molar refractivity (Wildman–Crippen MR) is 169 cm³/mol. The van der Waals surface area contributed by atoms with Crippen LogP contribution in [0.5, 0.6) is 0 Å². The zero-order chi connectivity index (χ0) is 31.9. The molecule has 16 heteroatoms. The number of pyridine rings is 1. The molecule has 0 saturated carbocycles. The van der Waals surface area contributed by atoms with Crippen molar-refractivity contribution in [1.29, 1.82) is 0 Å². The summed E-state index contributed by atoms with van der Waals surface area (Å²) in [6.07, 6.45) is 3.31. The maximum atomic E-state index is 13.5. The summed E-state index contributed by atoms with van der Waals surface area (Å²) in [6, 6.07) is 10.0. The highest BCUT2D eigenvalue weighted by Crippen LogP contribution is 2.35. The van der Waals surface area contributed by atoms with Gasteiger partial charge in [0, 0.05) is 36.9 Å². The lowest BCUT2D eigenvalue weighted by atomic mass is 10.1. The molecule has 1 amide bonds. The number of imidazole rings is 1. The van der Waals surface area contributed by atoms with Gasteiger partial charge in [0.05, 0.1) is 37.2 Å². The number of hydrogen-bond donors (Lipinski definition) is 4. The van der Waals surface area contributed by atoms with Crippen molar-refractivity contribution in [2.24, 2.45) is 16.8 Å². The summed E-state index contributed by atoms with van der Waals surface area (Å²) in [7, 11) is 1.58. The van der Waals surface area contributed by atoms with Gasteiger partial charge in [-0.25, -0.2) is 25.6 Å². The Labute approximate surface area is 263 Å². The highest BCUT2D eigenvalue weighted by molar-refractivity contribution is 6.31. The molecular weight excluding hydrogens is 604 g/mol. The average Bonchev–Trinajstić information content (AvgIpc) is 3.63. The van der Waals surface area contributed by atoms with E-state index in [0.717, 1.165) is 5.56 Å². The molecule has 15 nitrogen and oxygen atoms in total. The lowest BCUT2D eigenvalue weighted by molar-refractivity contribution is 0.0447. The highest BCUT2D eigenvalue weighted by Gasteiger charge is 2.30. The van der Waals surface area contributed by atoms with Crippen LogP contribution in [0.1, 0.15) is 29.7 Å². The topological polar surface area (TPSA) is 201 Å². The Kier molecular flexibility index (Phi) is 10.0. The maximum absolute atomic E-state index is 13.5. The third-order valence-corrected chi connectivity index (χ3v) is 7.30. The van der Waals surface area contributed by atoms with Gasteiger partial charge in [0.1, 0.15) is 41.3 Å². The van der Waals surface area contributed by atoms with Crippen molar-refractivity contribution in [3.8, 4) is 22.5 Å². The van der Waals surface area contributed by atoms with Crippen LogP contribution in [-0.2, 0) is 20.6 Å². The van der Waals surface area contributed by atoms with Gasteiger partial charge >= 0.3 is 6.09 Å². The van der Waals surface area contributed by atoms with Gasteiger partial charge in [0.15, 0.2) is 0 Å². The molecule has 45 heavy (non-hydrogen) atoms. The lowest BCUT2D eigenvalue weighted by Crippen LogP contribution is -2.30. The molecule has 4 heterocycles. The van der Waals surface area contributed by atoms with E-state index in [1.807, 2.05) is 25.1 Å². The number of carbonyl (C=O) groups excluding carboxylic acids is 1. The van der Waals surface area contributed by atoms with E-state index in [1.165, 1.54) is 23.6 Å². The first-order chi connectivity index (χ1) is 21.8. The number of H-pyrrole nitrogens is 1. The molecule has 1 aliphatic rings. The molecule has 1 unspecified atom stereocenters. The fourth-order valence-electron chi connectivity index (χ4n) is 4.96. The summed E-state index contributed by atoms with van der Waals surface area (Å²) in [5.74, 6) is 12.8. The van der Waals surface area contributed by atoms with Crippen molar-refractivity contribution in [2.75, 3.05) is 43.9 Å². The highest BCUT2D eigenvalue weighted by atomic mass is 35.5. The minimum Gasteiger partial charge on any atom is -0.447 e. The number of benzene rings is 1. The van der Waals surface area contributed by atoms with Crippen LogP contribution >= 0.6 is 11.6 Å². The fourth-order valence-corrected chi connectivity index (χ4v) is 5.21. The van der Waals surface area contributed by atoms with Gasteiger partial charge in [-0.2, -0.15) is 5.10 Å². The van der Waals surface area contributed by atoms with Crippen LogP contribution in [0.15, 0.2) is 52.5 Å². The van der Waals surface area contributed by atoms with Crippen LogP contribution in [0, 0.1) is 6.92 Å². The van der Waals surface area contributed by atoms with Crippen LogP contribution < -0.4 is 27.6 Å². The first-order valence-electron chi connectivity index (χ1n) is 14.0. The predicted octanol–water partition coefficient (Wildman–Crippen LogP) is 2.99. The number of hydrogen-bond acceptors (Lipinski definition) is 11. The molecular formula is C29H33ClN10O5. The molecule has 236 valence electrons. The van der Waals surface area contributed by atoms with Crippen LogP contribution in [0.25, 0.3) is 22.5 Å². The summed E-state index contributed by atoms with van der Waals surface area (Å²) in [4.78, 5) is 42.4. The molecule has 1 aliphatic heterocycles. The number of anilines is 2. The average molecular weight is 637 g/mol. The number of nitrogens with zero attached hydrogens (tertiary/aromatic N) is 6. The van der Waals surface area contributed by atoms with E-state index in [2.05, 4.69) is 20.4 Å². The number of methoxy groups -OCH3 is 1. The number of amides is 1. The van der Waals surface area contributed by atoms with Crippen LogP contribution in [0.4, 0.5) is 16.3 Å². The van der Waals surface area contributed by atoms with Gasteiger partial charge in [-0.15, -0.1) is 0 Å². The molecule has 0 aliphatic carbocycles.